The summed E-state index contributed by atoms with van der Waals surface area (Å²) in [5, 5.41) is 3.93. The first kappa shape index (κ1) is 26.5. The third kappa shape index (κ3) is 6.41. The second-order valence-corrected chi connectivity index (χ2v) is 11.8. The van der Waals surface area contributed by atoms with E-state index in [1.165, 1.54) is 30.6 Å². The molecule has 9 nitrogen and oxygen atoms in total. The highest BCUT2D eigenvalue weighted by Crippen LogP contribution is 2.34. The summed E-state index contributed by atoms with van der Waals surface area (Å²) in [7, 11) is -0.311. The Labute approximate surface area is 216 Å². The van der Waals surface area contributed by atoms with E-state index in [0.29, 0.717) is 39.9 Å². The molecule has 37 heavy (non-hydrogen) atoms. The van der Waals surface area contributed by atoms with E-state index in [1.54, 1.807) is 19.9 Å². The van der Waals surface area contributed by atoms with Gasteiger partial charge in [-0.2, -0.15) is 4.36 Å². The highest BCUT2D eigenvalue weighted by Gasteiger charge is 2.20. The van der Waals surface area contributed by atoms with Gasteiger partial charge in [-0.15, -0.1) is 0 Å². The molecule has 3 aromatic rings. The van der Waals surface area contributed by atoms with Gasteiger partial charge in [-0.1, -0.05) is 0 Å². The second-order valence-electron chi connectivity index (χ2n) is 9.27. The number of nitrogens with two attached hydrogens (primary N) is 1. The molecule has 1 aliphatic heterocycles. The lowest BCUT2D eigenvalue weighted by molar-refractivity contribution is -0.120. The third-order valence-electron chi connectivity index (χ3n) is 6.05. The summed E-state index contributed by atoms with van der Waals surface area (Å²) in [5.41, 5.74) is 8.46. The van der Waals surface area contributed by atoms with Crippen LogP contribution in [0.1, 0.15) is 19.4 Å². The van der Waals surface area contributed by atoms with E-state index in [2.05, 4.69) is 24.5 Å². The van der Waals surface area contributed by atoms with Crippen molar-refractivity contribution in [1.82, 2.24) is 14.9 Å². The highest BCUT2D eigenvalue weighted by molar-refractivity contribution is 7.93. The van der Waals surface area contributed by atoms with Crippen LogP contribution in [-0.2, 0) is 14.5 Å². The zero-order valence-corrected chi connectivity index (χ0v) is 22.1. The van der Waals surface area contributed by atoms with Gasteiger partial charge in [0.2, 0.25) is 0 Å². The summed E-state index contributed by atoms with van der Waals surface area (Å²) in [6, 6.07) is 7.67. The lowest BCUT2D eigenvalue weighted by Crippen LogP contribution is -2.37. The largest absolute Gasteiger partial charge is 0.480 e. The first-order valence-electron chi connectivity index (χ1n) is 11.9. The van der Waals surface area contributed by atoms with E-state index in [1.807, 2.05) is 20.0 Å². The molecule has 1 atom stereocenters. The van der Waals surface area contributed by atoms with Crippen molar-refractivity contribution in [2.75, 3.05) is 37.0 Å². The molecule has 1 fully saturated rings. The summed E-state index contributed by atoms with van der Waals surface area (Å²) in [5.74, 6) is 0.851. The number of nitrogens with one attached hydrogen (secondary N) is 1. The molecule has 0 radical (unpaired) electrons. The number of nitrogens with zero attached hydrogens (tertiary/aromatic N) is 4. The Hall–Kier alpha value is -3.57. The fourth-order valence-electron chi connectivity index (χ4n) is 4.03. The van der Waals surface area contributed by atoms with Crippen LogP contribution in [0, 0.1) is 12.7 Å². The lowest BCUT2D eigenvalue weighted by atomic mass is 10.1. The molecule has 11 heteroatoms. The van der Waals surface area contributed by atoms with E-state index in [-0.39, 0.29) is 11.5 Å². The smallest absolute Gasteiger partial charge is 0.197 e. The Morgan fingerprint density at radius 2 is 2.00 bits per heavy atom. The van der Waals surface area contributed by atoms with Gasteiger partial charge >= 0.3 is 0 Å². The van der Waals surface area contributed by atoms with Gasteiger partial charge in [-0.05, 0) is 57.6 Å². The predicted molar refractivity (Wildman–Crippen MR) is 144 cm³/mol. The van der Waals surface area contributed by atoms with Crippen molar-refractivity contribution in [3.05, 3.63) is 59.8 Å². The van der Waals surface area contributed by atoms with Crippen LogP contribution in [0.15, 0.2) is 52.8 Å². The van der Waals surface area contributed by atoms with Gasteiger partial charge < -0.3 is 20.7 Å². The molecular weight excluding hydrogens is 495 g/mol. The number of benzene rings is 2. The van der Waals surface area contributed by atoms with Crippen molar-refractivity contribution in [3.63, 3.8) is 0 Å². The Morgan fingerprint density at radius 1 is 1.27 bits per heavy atom. The van der Waals surface area contributed by atoms with Gasteiger partial charge in [-0.25, -0.2) is 18.6 Å². The monoisotopic (exact) mass is 526 g/mol. The number of carbonyl (C=O) groups excluding carboxylic acids is 1. The number of halogens is 1. The number of ether oxygens (including phenoxy) is 1. The number of carbonyl (C=O) groups is 1. The van der Waals surface area contributed by atoms with E-state index in [4.69, 9.17) is 10.5 Å². The molecule has 1 aliphatic rings. The molecular formula is C26H31FN6O3S. The van der Waals surface area contributed by atoms with Crippen molar-refractivity contribution in [1.29, 1.82) is 0 Å². The van der Waals surface area contributed by atoms with Gasteiger partial charge in [0.25, 0.3) is 0 Å². The van der Waals surface area contributed by atoms with E-state index >= 15 is 0 Å². The van der Waals surface area contributed by atoms with Crippen LogP contribution in [0.4, 0.5) is 21.6 Å². The molecule has 0 bridgehead atoms. The number of ketones is 1. The van der Waals surface area contributed by atoms with Crippen LogP contribution < -0.4 is 15.8 Å². The van der Waals surface area contributed by atoms with Crippen LogP contribution in [-0.4, -0.2) is 62.6 Å². The van der Waals surface area contributed by atoms with Crippen molar-refractivity contribution < 1.29 is 18.1 Å². The van der Waals surface area contributed by atoms with Crippen LogP contribution in [0.2, 0.25) is 0 Å². The second kappa shape index (κ2) is 10.8. The van der Waals surface area contributed by atoms with Gasteiger partial charge in [0.1, 0.15) is 23.7 Å². The number of hydrogen-bond acceptors (Lipinski definition) is 9. The van der Waals surface area contributed by atoms with E-state index in [0.717, 1.165) is 24.0 Å². The van der Waals surface area contributed by atoms with E-state index in [9.17, 15) is 13.4 Å². The molecule has 0 amide bonds. The van der Waals surface area contributed by atoms with Gasteiger partial charge in [0, 0.05) is 47.8 Å². The average molecular weight is 527 g/mol. The maximum atomic E-state index is 14.1. The fraction of sp³-hybridized carbons (Fsp3) is 0.346. The SMILES string of the molecule is CC(N)=CC(=O)[C@@H](C)Oc1cc(F)ccc1Nc1ncnc2cc(N=S3(=O)CCN(C)CC3)cc(C)c12. The standard InChI is InChI=1S/C26H31FN6O3S/c1-16-11-20(32-37(35)9-7-33(4)8-10-37)14-22-25(16)26(30-15-29-22)31-21-6-5-19(27)13-24(21)36-18(3)23(34)12-17(2)28/h5-6,11-15,18H,7-10,28H2,1-4H3,(H,29,30,31)/t18-/m1/s1. The van der Waals surface area contributed by atoms with E-state index < -0.39 is 21.7 Å². The molecule has 2 heterocycles. The number of rotatable bonds is 7. The predicted octanol–water partition coefficient (Wildman–Crippen LogP) is 4.06. The number of anilines is 2. The zero-order chi connectivity index (χ0) is 26.7. The lowest BCUT2D eigenvalue weighted by Gasteiger charge is -2.24. The minimum absolute atomic E-state index is 0.152. The minimum atomic E-state index is -2.32. The summed E-state index contributed by atoms with van der Waals surface area (Å²) in [6.07, 6.45) is 1.81. The van der Waals surface area contributed by atoms with Crippen LogP contribution in [0.25, 0.3) is 10.9 Å². The average Bonchev–Trinajstić information content (AvgIpc) is 2.82. The highest BCUT2D eigenvalue weighted by atomic mass is 32.2. The zero-order valence-electron chi connectivity index (χ0n) is 21.3. The molecule has 0 saturated carbocycles. The molecule has 4 rings (SSSR count). The Bertz CT molecular complexity index is 1480. The first-order valence-corrected chi connectivity index (χ1v) is 13.8. The first-order chi connectivity index (χ1) is 17.5. The Balaban J connectivity index is 1.67. The molecule has 196 valence electrons. The summed E-state index contributed by atoms with van der Waals surface area (Å²) < 4.78 is 37.7. The number of allylic oxidation sites excluding steroid dienone is 1. The molecule has 1 saturated heterocycles. The van der Waals surface area contributed by atoms with Crippen LogP contribution in [0.5, 0.6) is 5.75 Å². The molecule has 2 aromatic carbocycles. The van der Waals surface area contributed by atoms with Crippen molar-refractivity contribution in [2.24, 2.45) is 10.1 Å². The molecule has 0 spiro atoms. The van der Waals surface area contributed by atoms with Gasteiger partial charge in [-0.3, -0.25) is 4.79 Å². The van der Waals surface area contributed by atoms with Crippen LogP contribution >= 0.6 is 0 Å². The normalized spacial score (nSPS) is 16.8. The number of hydrogen-bond donors (Lipinski definition) is 2. The maximum absolute atomic E-state index is 14.1. The van der Waals surface area contributed by atoms with Crippen molar-refractivity contribution in [2.45, 2.75) is 26.9 Å². The number of fused-ring (bicyclic) bond motifs is 1. The molecule has 0 unspecified atom stereocenters. The van der Waals surface area contributed by atoms with Gasteiger partial charge in [0.05, 0.1) is 26.6 Å². The number of aryl methyl sites for hydroxylation is 1. The summed E-state index contributed by atoms with van der Waals surface area (Å²) in [6.45, 7) is 6.58. The molecule has 1 aromatic heterocycles. The topological polar surface area (TPSA) is 123 Å². The Kier molecular flexibility index (Phi) is 7.74. The molecule has 3 N–H and O–H groups in total. The summed E-state index contributed by atoms with van der Waals surface area (Å²) in [4.78, 5) is 23.2. The van der Waals surface area contributed by atoms with Crippen molar-refractivity contribution in [3.8, 4) is 5.75 Å². The minimum Gasteiger partial charge on any atom is -0.480 e. The van der Waals surface area contributed by atoms with Crippen molar-refractivity contribution >= 4 is 43.6 Å². The quantitative estimate of drug-likeness (QED) is 0.442. The Morgan fingerprint density at radius 3 is 2.70 bits per heavy atom. The third-order valence-corrected chi connectivity index (χ3v) is 8.23. The molecule has 0 aliphatic carbocycles. The summed E-state index contributed by atoms with van der Waals surface area (Å²) >= 11 is 0. The maximum Gasteiger partial charge on any atom is 0.197 e. The van der Waals surface area contributed by atoms with Gasteiger partial charge in [0.15, 0.2) is 11.9 Å². The van der Waals surface area contributed by atoms with Crippen LogP contribution in [0.3, 0.4) is 0 Å². The fourth-order valence-corrected chi connectivity index (χ4v) is 6.10. The number of aromatic nitrogens is 2.